The standard InChI is InChI=1S/C14H9Br3O4/c1-20-12-5-10(17)13(6-9(12)16)21-11-4-7(15)2-3-8(11)14(18)19/h2-6H,1H3,(H,18,19). The molecule has 21 heavy (non-hydrogen) atoms. The molecule has 7 heteroatoms. The smallest absolute Gasteiger partial charge is 0.339 e. The van der Waals surface area contributed by atoms with Crippen molar-refractivity contribution in [3.63, 3.8) is 0 Å². The van der Waals surface area contributed by atoms with Gasteiger partial charge in [-0.2, -0.15) is 0 Å². The number of ether oxygens (including phenoxy) is 2. The Labute approximate surface area is 146 Å². The maximum atomic E-state index is 11.2. The van der Waals surface area contributed by atoms with Crippen molar-refractivity contribution in [1.82, 2.24) is 0 Å². The first kappa shape index (κ1) is 16.3. The molecule has 0 fully saturated rings. The number of aromatic carboxylic acids is 1. The monoisotopic (exact) mass is 478 g/mol. The Morgan fingerprint density at radius 1 is 1.00 bits per heavy atom. The molecular formula is C14H9Br3O4. The number of benzene rings is 2. The quantitative estimate of drug-likeness (QED) is 0.630. The molecule has 2 aromatic carbocycles. The predicted molar refractivity (Wildman–Crippen MR) is 89.6 cm³/mol. The van der Waals surface area contributed by atoms with Gasteiger partial charge in [0, 0.05) is 4.47 Å². The average Bonchev–Trinajstić information content (AvgIpc) is 2.42. The molecule has 4 nitrogen and oxygen atoms in total. The maximum Gasteiger partial charge on any atom is 0.339 e. The van der Waals surface area contributed by atoms with E-state index >= 15 is 0 Å². The zero-order valence-corrected chi connectivity index (χ0v) is 15.5. The van der Waals surface area contributed by atoms with Crippen molar-refractivity contribution in [2.24, 2.45) is 0 Å². The maximum absolute atomic E-state index is 11.2. The summed E-state index contributed by atoms with van der Waals surface area (Å²) in [6.07, 6.45) is 0. The number of hydrogen-bond acceptors (Lipinski definition) is 3. The molecule has 0 saturated carbocycles. The highest BCUT2D eigenvalue weighted by atomic mass is 79.9. The molecule has 0 radical (unpaired) electrons. The van der Waals surface area contributed by atoms with Crippen LogP contribution in [0.1, 0.15) is 10.4 Å². The largest absolute Gasteiger partial charge is 0.496 e. The zero-order valence-electron chi connectivity index (χ0n) is 10.7. The van der Waals surface area contributed by atoms with Crippen LogP contribution in [0, 0.1) is 0 Å². The Morgan fingerprint density at radius 2 is 1.62 bits per heavy atom. The Balaban J connectivity index is 2.45. The second kappa shape index (κ2) is 6.81. The van der Waals surface area contributed by atoms with Gasteiger partial charge in [0.2, 0.25) is 0 Å². The number of carboxylic acids is 1. The summed E-state index contributed by atoms with van der Waals surface area (Å²) in [6.45, 7) is 0. The number of halogens is 3. The van der Waals surface area contributed by atoms with Crippen molar-refractivity contribution in [3.8, 4) is 17.2 Å². The molecule has 0 aromatic heterocycles. The van der Waals surface area contributed by atoms with E-state index in [1.54, 1.807) is 31.4 Å². The van der Waals surface area contributed by atoms with Crippen LogP contribution in [0.15, 0.2) is 43.7 Å². The van der Waals surface area contributed by atoms with Gasteiger partial charge in [0.1, 0.15) is 22.8 Å². The molecule has 0 amide bonds. The summed E-state index contributed by atoms with van der Waals surface area (Å²) >= 11 is 10.0. The number of carbonyl (C=O) groups is 1. The highest BCUT2D eigenvalue weighted by molar-refractivity contribution is 9.11. The molecule has 0 aliphatic carbocycles. The number of hydrogen-bond donors (Lipinski definition) is 1. The summed E-state index contributed by atoms with van der Waals surface area (Å²) in [5.74, 6) is 0.307. The lowest BCUT2D eigenvalue weighted by Crippen LogP contribution is -2.00. The van der Waals surface area contributed by atoms with Crippen LogP contribution in [0.25, 0.3) is 0 Å². The average molecular weight is 481 g/mol. The predicted octanol–water partition coefficient (Wildman–Crippen LogP) is 5.47. The SMILES string of the molecule is COc1cc(Br)c(Oc2cc(Br)ccc2C(=O)O)cc1Br. The van der Waals surface area contributed by atoms with Crippen LogP contribution in [0.3, 0.4) is 0 Å². The van der Waals surface area contributed by atoms with Crippen LogP contribution in [0.4, 0.5) is 0 Å². The molecule has 0 atom stereocenters. The minimum atomic E-state index is -1.05. The Hall–Kier alpha value is -1.05. The molecule has 0 saturated heterocycles. The normalized spacial score (nSPS) is 10.3. The number of rotatable bonds is 4. The van der Waals surface area contributed by atoms with Gasteiger partial charge in [-0.3, -0.25) is 0 Å². The summed E-state index contributed by atoms with van der Waals surface area (Å²) in [4.78, 5) is 11.2. The first-order chi connectivity index (χ1) is 9.92. The van der Waals surface area contributed by atoms with Gasteiger partial charge in [0.05, 0.1) is 16.1 Å². The lowest BCUT2D eigenvalue weighted by Gasteiger charge is -2.13. The third-order valence-electron chi connectivity index (χ3n) is 2.60. The van der Waals surface area contributed by atoms with Gasteiger partial charge in [-0.25, -0.2) is 4.79 Å². The van der Waals surface area contributed by atoms with Crippen LogP contribution < -0.4 is 9.47 Å². The van der Waals surface area contributed by atoms with E-state index in [4.69, 9.17) is 9.47 Å². The van der Waals surface area contributed by atoms with Gasteiger partial charge in [0.25, 0.3) is 0 Å². The van der Waals surface area contributed by atoms with Crippen molar-refractivity contribution >= 4 is 53.8 Å². The van der Waals surface area contributed by atoms with Gasteiger partial charge < -0.3 is 14.6 Å². The highest BCUT2D eigenvalue weighted by Crippen LogP contribution is 2.39. The topological polar surface area (TPSA) is 55.8 Å². The second-order valence-electron chi connectivity index (χ2n) is 3.96. The Bertz CT molecular complexity index is 701. The molecule has 0 bridgehead atoms. The molecule has 0 unspecified atom stereocenters. The fraction of sp³-hybridized carbons (Fsp3) is 0.0714. The van der Waals surface area contributed by atoms with Gasteiger partial charge in [-0.1, -0.05) is 15.9 Å². The van der Waals surface area contributed by atoms with E-state index in [2.05, 4.69) is 47.8 Å². The minimum absolute atomic E-state index is 0.0806. The lowest BCUT2D eigenvalue weighted by atomic mass is 10.2. The van der Waals surface area contributed by atoms with E-state index in [1.807, 2.05) is 0 Å². The van der Waals surface area contributed by atoms with Crippen LogP contribution in [-0.2, 0) is 0 Å². The summed E-state index contributed by atoms with van der Waals surface area (Å²) in [5.41, 5.74) is 0.0806. The second-order valence-corrected chi connectivity index (χ2v) is 6.59. The van der Waals surface area contributed by atoms with E-state index in [1.165, 1.54) is 6.07 Å². The van der Waals surface area contributed by atoms with Gasteiger partial charge in [-0.05, 0) is 62.2 Å². The number of methoxy groups -OCH3 is 1. The van der Waals surface area contributed by atoms with E-state index in [9.17, 15) is 9.90 Å². The fourth-order valence-electron chi connectivity index (χ4n) is 1.62. The molecule has 0 aliphatic rings. The van der Waals surface area contributed by atoms with Crippen molar-refractivity contribution < 1.29 is 19.4 Å². The Kier molecular flexibility index (Phi) is 5.29. The van der Waals surface area contributed by atoms with Gasteiger partial charge in [-0.15, -0.1) is 0 Å². The molecule has 0 spiro atoms. The van der Waals surface area contributed by atoms with E-state index in [-0.39, 0.29) is 11.3 Å². The van der Waals surface area contributed by atoms with Gasteiger partial charge in [0.15, 0.2) is 0 Å². The van der Waals surface area contributed by atoms with Crippen molar-refractivity contribution in [1.29, 1.82) is 0 Å². The van der Waals surface area contributed by atoms with Crippen molar-refractivity contribution in [2.75, 3.05) is 7.11 Å². The van der Waals surface area contributed by atoms with E-state index in [0.717, 1.165) is 4.47 Å². The lowest BCUT2D eigenvalue weighted by molar-refractivity contribution is 0.0694. The zero-order chi connectivity index (χ0) is 15.6. The highest BCUT2D eigenvalue weighted by Gasteiger charge is 2.15. The Morgan fingerprint density at radius 3 is 2.24 bits per heavy atom. The van der Waals surface area contributed by atoms with Crippen LogP contribution in [-0.4, -0.2) is 18.2 Å². The molecule has 0 heterocycles. The summed E-state index contributed by atoms with van der Waals surface area (Å²) in [6, 6.07) is 8.17. The summed E-state index contributed by atoms with van der Waals surface area (Å²) in [5, 5.41) is 9.20. The molecular weight excluding hydrogens is 472 g/mol. The third-order valence-corrected chi connectivity index (χ3v) is 4.33. The van der Waals surface area contributed by atoms with E-state index in [0.29, 0.717) is 20.4 Å². The summed E-state index contributed by atoms with van der Waals surface area (Å²) < 4.78 is 13.0. The molecule has 2 aromatic rings. The molecule has 110 valence electrons. The fourth-order valence-corrected chi connectivity index (χ4v) is 2.85. The number of carboxylic acid groups (broad SMARTS) is 1. The van der Waals surface area contributed by atoms with Gasteiger partial charge >= 0.3 is 5.97 Å². The van der Waals surface area contributed by atoms with Crippen molar-refractivity contribution in [2.45, 2.75) is 0 Å². The molecule has 2 rings (SSSR count). The van der Waals surface area contributed by atoms with E-state index < -0.39 is 5.97 Å². The first-order valence-electron chi connectivity index (χ1n) is 5.66. The van der Waals surface area contributed by atoms with Crippen molar-refractivity contribution in [3.05, 3.63) is 49.3 Å². The summed E-state index contributed by atoms with van der Waals surface area (Å²) in [7, 11) is 1.56. The minimum Gasteiger partial charge on any atom is -0.496 e. The molecule has 0 aliphatic heterocycles. The van der Waals surface area contributed by atoms with Crippen LogP contribution in [0.2, 0.25) is 0 Å². The molecule has 1 N–H and O–H groups in total. The third kappa shape index (κ3) is 3.78. The first-order valence-corrected chi connectivity index (χ1v) is 8.04. The van der Waals surface area contributed by atoms with Crippen LogP contribution >= 0.6 is 47.8 Å². The van der Waals surface area contributed by atoms with Crippen LogP contribution in [0.5, 0.6) is 17.2 Å².